The Balaban J connectivity index is 1.40. The Morgan fingerprint density at radius 2 is 1.89 bits per heavy atom. The summed E-state index contributed by atoms with van der Waals surface area (Å²) in [5, 5.41) is 6.07. The number of carbonyl (C=O) groups is 1. The summed E-state index contributed by atoms with van der Waals surface area (Å²) in [6, 6.07) is 9.54. The van der Waals surface area contributed by atoms with Crippen molar-refractivity contribution < 1.29 is 14.3 Å². The molecule has 1 aliphatic rings. The Kier molecular flexibility index (Phi) is 7.02. The molecule has 8 nitrogen and oxygen atoms in total. The molecular weight excluding hydrogens is 358 g/mol. The van der Waals surface area contributed by atoms with Crippen LogP contribution in [-0.4, -0.2) is 61.9 Å². The van der Waals surface area contributed by atoms with Gasteiger partial charge in [-0.05, 0) is 26.0 Å². The second-order valence-corrected chi connectivity index (χ2v) is 6.64. The molecule has 2 aromatic rings. The highest BCUT2D eigenvalue weighted by Crippen LogP contribution is 2.17. The van der Waals surface area contributed by atoms with Crippen LogP contribution in [0.15, 0.2) is 30.3 Å². The first-order valence-electron chi connectivity index (χ1n) is 9.48. The van der Waals surface area contributed by atoms with Gasteiger partial charge in [0.05, 0.1) is 13.2 Å². The van der Waals surface area contributed by atoms with Crippen molar-refractivity contribution >= 4 is 17.5 Å². The molecule has 0 bridgehead atoms. The highest BCUT2D eigenvalue weighted by Gasteiger charge is 2.14. The summed E-state index contributed by atoms with van der Waals surface area (Å²) in [7, 11) is 0. The van der Waals surface area contributed by atoms with E-state index in [0.29, 0.717) is 37.9 Å². The van der Waals surface area contributed by atoms with Crippen molar-refractivity contribution in [3.8, 4) is 5.75 Å². The fourth-order valence-corrected chi connectivity index (χ4v) is 2.82. The van der Waals surface area contributed by atoms with Gasteiger partial charge in [-0.2, -0.15) is 0 Å². The molecule has 8 heteroatoms. The van der Waals surface area contributed by atoms with Crippen LogP contribution in [0.5, 0.6) is 5.75 Å². The number of anilines is 2. The molecule has 0 radical (unpaired) electrons. The Morgan fingerprint density at radius 3 is 2.64 bits per heavy atom. The van der Waals surface area contributed by atoms with E-state index in [2.05, 4.69) is 25.5 Å². The standard InChI is InChI=1S/C20H27N5O3/c1-15-3-5-17(6-4-15)28-14-20(26)22-8-7-21-18-13-19(24-16(2)23-18)25-9-11-27-12-10-25/h3-6,13H,7-12,14H2,1-2H3,(H,22,26)(H,21,23,24). The largest absolute Gasteiger partial charge is 0.484 e. The van der Waals surface area contributed by atoms with Gasteiger partial charge in [-0.25, -0.2) is 9.97 Å². The van der Waals surface area contributed by atoms with Crippen LogP contribution >= 0.6 is 0 Å². The lowest BCUT2D eigenvalue weighted by Gasteiger charge is -2.28. The van der Waals surface area contributed by atoms with Gasteiger partial charge in [-0.1, -0.05) is 17.7 Å². The first-order chi connectivity index (χ1) is 13.6. The zero-order valence-corrected chi connectivity index (χ0v) is 16.4. The number of morpholine rings is 1. The summed E-state index contributed by atoms with van der Waals surface area (Å²) in [6.07, 6.45) is 0. The van der Waals surface area contributed by atoms with Crippen LogP contribution in [0.2, 0.25) is 0 Å². The summed E-state index contributed by atoms with van der Waals surface area (Å²) in [6.45, 7) is 7.99. The highest BCUT2D eigenvalue weighted by atomic mass is 16.5. The average Bonchev–Trinajstić information content (AvgIpc) is 2.71. The number of aryl methyl sites for hydroxylation is 2. The van der Waals surface area contributed by atoms with Gasteiger partial charge < -0.3 is 25.0 Å². The van der Waals surface area contributed by atoms with E-state index < -0.39 is 0 Å². The molecule has 1 aromatic heterocycles. The van der Waals surface area contributed by atoms with Gasteiger partial charge in [0.25, 0.3) is 5.91 Å². The fraction of sp³-hybridized carbons (Fsp3) is 0.450. The van der Waals surface area contributed by atoms with Crippen molar-refractivity contribution in [2.24, 2.45) is 0 Å². The maximum absolute atomic E-state index is 11.9. The molecule has 150 valence electrons. The van der Waals surface area contributed by atoms with E-state index in [4.69, 9.17) is 9.47 Å². The molecule has 1 aliphatic heterocycles. The van der Waals surface area contributed by atoms with E-state index >= 15 is 0 Å². The molecule has 1 saturated heterocycles. The predicted octanol–water partition coefficient (Wildman–Crippen LogP) is 1.54. The number of ether oxygens (including phenoxy) is 2. The number of amides is 1. The molecule has 1 aromatic carbocycles. The minimum absolute atomic E-state index is 0.00312. The minimum atomic E-state index is -0.157. The zero-order valence-electron chi connectivity index (χ0n) is 16.4. The third kappa shape index (κ3) is 6.09. The fourth-order valence-electron chi connectivity index (χ4n) is 2.82. The second kappa shape index (κ2) is 9.89. The Morgan fingerprint density at radius 1 is 1.14 bits per heavy atom. The molecule has 0 saturated carbocycles. The number of hydrogen-bond acceptors (Lipinski definition) is 7. The maximum atomic E-state index is 11.9. The van der Waals surface area contributed by atoms with Gasteiger partial charge >= 0.3 is 0 Å². The highest BCUT2D eigenvalue weighted by molar-refractivity contribution is 5.77. The lowest BCUT2D eigenvalue weighted by molar-refractivity contribution is -0.123. The molecule has 0 spiro atoms. The number of nitrogens with one attached hydrogen (secondary N) is 2. The molecule has 0 unspecified atom stereocenters. The molecule has 2 heterocycles. The molecule has 1 amide bonds. The van der Waals surface area contributed by atoms with Crippen LogP contribution in [0.1, 0.15) is 11.4 Å². The topological polar surface area (TPSA) is 88.6 Å². The molecule has 0 aliphatic carbocycles. The SMILES string of the molecule is Cc1ccc(OCC(=O)NCCNc2cc(N3CCOCC3)nc(C)n2)cc1. The first kappa shape index (κ1) is 19.9. The van der Waals surface area contributed by atoms with Crippen molar-refractivity contribution in [1.82, 2.24) is 15.3 Å². The van der Waals surface area contributed by atoms with Crippen LogP contribution in [0.4, 0.5) is 11.6 Å². The van der Waals surface area contributed by atoms with Crippen LogP contribution in [0.3, 0.4) is 0 Å². The average molecular weight is 385 g/mol. The number of benzene rings is 1. The van der Waals surface area contributed by atoms with E-state index in [1.165, 1.54) is 0 Å². The zero-order chi connectivity index (χ0) is 19.8. The molecule has 2 N–H and O–H groups in total. The normalized spacial score (nSPS) is 13.9. The van der Waals surface area contributed by atoms with E-state index in [9.17, 15) is 4.79 Å². The number of nitrogens with zero attached hydrogens (tertiary/aromatic N) is 3. The summed E-state index contributed by atoms with van der Waals surface area (Å²) in [4.78, 5) is 23.0. The number of rotatable bonds is 8. The van der Waals surface area contributed by atoms with Gasteiger partial charge in [0.15, 0.2) is 6.61 Å². The van der Waals surface area contributed by atoms with Gasteiger partial charge in [-0.15, -0.1) is 0 Å². The van der Waals surface area contributed by atoms with Crippen molar-refractivity contribution in [2.45, 2.75) is 13.8 Å². The summed E-state index contributed by atoms with van der Waals surface area (Å²) in [5.41, 5.74) is 1.15. The van der Waals surface area contributed by atoms with E-state index in [0.717, 1.165) is 30.3 Å². The lowest BCUT2D eigenvalue weighted by atomic mass is 10.2. The smallest absolute Gasteiger partial charge is 0.258 e. The predicted molar refractivity (Wildman–Crippen MR) is 108 cm³/mol. The second-order valence-electron chi connectivity index (χ2n) is 6.64. The minimum Gasteiger partial charge on any atom is -0.484 e. The number of aromatic nitrogens is 2. The van der Waals surface area contributed by atoms with Gasteiger partial charge in [0.1, 0.15) is 23.2 Å². The van der Waals surface area contributed by atoms with Crippen molar-refractivity contribution in [3.05, 3.63) is 41.7 Å². The quantitative estimate of drug-likeness (QED) is 0.666. The van der Waals surface area contributed by atoms with Crippen LogP contribution < -0.4 is 20.3 Å². The molecule has 3 rings (SSSR count). The maximum Gasteiger partial charge on any atom is 0.258 e. The van der Waals surface area contributed by atoms with Gasteiger partial charge in [0.2, 0.25) is 0 Å². The third-order valence-electron chi connectivity index (χ3n) is 4.30. The van der Waals surface area contributed by atoms with Gasteiger partial charge in [0, 0.05) is 32.2 Å². The third-order valence-corrected chi connectivity index (χ3v) is 4.30. The summed E-state index contributed by atoms with van der Waals surface area (Å²) >= 11 is 0. The summed E-state index contributed by atoms with van der Waals surface area (Å²) in [5.74, 6) is 2.89. The van der Waals surface area contributed by atoms with Crippen molar-refractivity contribution in [3.63, 3.8) is 0 Å². The van der Waals surface area contributed by atoms with E-state index in [1.807, 2.05) is 44.2 Å². The Hall–Kier alpha value is -2.87. The lowest BCUT2D eigenvalue weighted by Crippen LogP contribution is -2.37. The van der Waals surface area contributed by atoms with Crippen molar-refractivity contribution in [1.29, 1.82) is 0 Å². The van der Waals surface area contributed by atoms with Crippen molar-refractivity contribution in [2.75, 3.05) is 56.2 Å². The van der Waals surface area contributed by atoms with E-state index in [1.54, 1.807) is 0 Å². The Labute approximate surface area is 165 Å². The van der Waals surface area contributed by atoms with Crippen LogP contribution in [0.25, 0.3) is 0 Å². The van der Waals surface area contributed by atoms with Crippen LogP contribution in [-0.2, 0) is 9.53 Å². The molecule has 28 heavy (non-hydrogen) atoms. The first-order valence-corrected chi connectivity index (χ1v) is 9.48. The Bertz CT molecular complexity index is 776. The molecule has 0 atom stereocenters. The molecular formula is C20H27N5O3. The monoisotopic (exact) mass is 385 g/mol. The van der Waals surface area contributed by atoms with Gasteiger partial charge in [-0.3, -0.25) is 4.79 Å². The molecule has 1 fully saturated rings. The number of hydrogen-bond donors (Lipinski definition) is 2. The summed E-state index contributed by atoms with van der Waals surface area (Å²) < 4.78 is 10.9. The van der Waals surface area contributed by atoms with E-state index in [-0.39, 0.29) is 12.5 Å². The number of carbonyl (C=O) groups excluding carboxylic acids is 1. The van der Waals surface area contributed by atoms with Crippen LogP contribution in [0, 0.1) is 13.8 Å².